The molecule has 25 heavy (non-hydrogen) atoms. The maximum Gasteiger partial charge on any atom is 0.262 e. The quantitative estimate of drug-likeness (QED) is 0.579. The summed E-state index contributed by atoms with van der Waals surface area (Å²) in [6.45, 7) is 5.98. The van der Waals surface area contributed by atoms with Crippen molar-refractivity contribution in [3.05, 3.63) is 48.0 Å². The molecule has 0 aromatic heterocycles. The zero-order valence-corrected chi connectivity index (χ0v) is 16.2. The molecular formula is C21H25NO2S. The average Bonchev–Trinajstić information content (AvgIpc) is 2.62. The molecule has 0 atom stereocenters. The number of rotatable bonds is 6. The first-order valence-electron chi connectivity index (χ1n) is 8.30. The second-order valence-corrected chi connectivity index (χ2v) is 7.24. The number of carbonyl (C=O) groups excluding carboxylic acids is 1. The molecule has 0 heterocycles. The molecule has 0 bridgehead atoms. The summed E-state index contributed by atoms with van der Waals surface area (Å²) in [6.07, 6.45) is 1.74. The molecule has 2 aromatic rings. The Bertz CT molecular complexity index is 789. The zero-order valence-electron chi connectivity index (χ0n) is 15.3. The molecule has 0 aliphatic heterocycles. The molecule has 3 nitrogen and oxygen atoms in total. The summed E-state index contributed by atoms with van der Waals surface area (Å²) in [5, 5.41) is 2.37. The van der Waals surface area contributed by atoms with Gasteiger partial charge in [0.1, 0.15) is 0 Å². The number of hydrogen-bond acceptors (Lipinski definition) is 4. The fourth-order valence-electron chi connectivity index (χ4n) is 2.35. The lowest BCUT2D eigenvalue weighted by molar-refractivity contribution is -0.106. The van der Waals surface area contributed by atoms with Crippen molar-refractivity contribution < 1.29 is 9.53 Å². The molecule has 0 aliphatic carbocycles. The van der Waals surface area contributed by atoms with Gasteiger partial charge in [-0.25, -0.2) is 0 Å². The largest absolute Gasteiger partial charge is 0.375 e. The first-order chi connectivity index (χ1) is 11.9. The van der Waals surface area contributed by atoms with E-state index in [-0.39, 0.29) is 10.7 Å². The maximum absolute atomic E-state index is 11.3. The fraction of sp³-hybridized carbons (Fsp3) is 0.381. The van der Waals surface area contributed by atoms with Crippen molar-refractivity contribution in [3.63, 3.8) is 0 Å². The smallest absolute Gasteiger partial charge is 0.262 e. The molecular weight excluding hydrogens is 330 g/mol. The van der Waals surface area contributed by atoms with E-state index in [0.717, 1.165) is 18.3 Å². The van der Waals surface area contributed by atoms with Gasteiger partial charge in [0.25, 0.3) is 5.12 Å². The van der Waals surface area contributed by atoms with Gasteiger partial charge in [-0.3, -0.25) is 9.69 Å². The van der Waals surface area contributed by atoms with E-state index in [1.807, 2.05) is 33.0 Å². The van der Waals surface area contributed by atoms with Crippen LogP contribution in [0.15, 0.2) is 42.5 Å². The van der Waals surface area contributed by atoms with E-state index in [2.05, 4.69) is 47.1 Å². The SMILES string of the molecule is CSC(=O)C#CC(C)(C)N(C)CCOCc1ccc2ccccc2c1. The van der Waals surface area contributed by atoms with E-state index in [4.69, 9.17) is 4.74 Å². The summed E-state index contributed by atoms with van der Waals surface area (Å²) >= 11 is 1.14. The van der Waals surface area contributed by atoms with Crippen molar-refractivity contribution in [2.24, 2.45) is 0 Å². The van der Waals surface area contributed by atoms with Gasteiger partial charge < -0.3 is 4.74 Å². The van der Waals surface area contributed by atoms with Gasteiger partial charge in [0, 0.05) is 6.54 Å². The standard InChI is InChI=1S/C21H25NO2S/c1-21(2,12-11-20(23)25-4)22(3)13-14-24-16-17-9-10-18-7-5-6-8-19(18)15-17/h5-10,15H,13-14,16H2,1-4H3. The van der Waals surface area contributed by atoms with Crippen LogP contribution in [0.5, 0.6) is 0 Å². The minimum atomic E-state index is -0.363. The van der Waals surface area contributed by atoms with Gasteiger partial charge in [0.05, 0.1) is 18.8 Å². The molecule has 0 saturated heterocycles. The van der Waals surface area contributed by atoms with Crippen LogP contribution in [0.3, 0.4) is 0 Å². The van der Waals surface area contributed by atoms with Crippen LogP contribution in [0.1, 0.15) is 19.4 Å². The third-order valence-corrected chi connectivity index (χ3v) is 4.74. The van der Waals surface area contributed by atoms with Crippen molar-refractivity contribution in [2.45, 2.75) is 26.0 Å². The summed E-state index contributed by atoms with van der Waals surface area (Å²) < 4.78 is 5.82. The van der Waals surface area contributed by atoms with Crippen LogP contribution in [0.25, 0.3) is 10.8 Å². The molecule has 0 aliphatic rings. The van der Waals surface area contributed by atoms with Gasteiger partial charge in [-0.15, -0.1) is 0 Å². The van der Waals surface area contributed by atoms with Gasteiger partial charge >= 0.3 is 0 Å². The first kappa shape index (κ1) is 19.5. The number of hydrogen-bond donors (Lipinski definition) is 0. The van der Waals surface area contributed by atoms with Gasteiger partial charge in [-0.1, -0.05) is 54.1 Å². The van der Waals surface area contributed by atoms with Crippen LogP contribution in [0.2, 0.25) is 0 Å². The first-order valence-corrected chi connectivity index (χ1v) is 9.52. The van der Waals surface area contributed by atoms with E-state index >= 15 is 0 Å². The molecule has 2 aromatic carbocycles. The Balaban J connectivity index is 1.82. The van der Waals surface area contributed by atoms with Crippen LogP contribution in [-0.4, -0.2) is 42.0 Å². The summed E-state index contributed by atoms with van der Waals surface area (Å²) in [7, 11) is 2.00. The highest BCUT2D eigenvalue weighted by atomic mass is 32.2. The average molecular weight is 356 g/mol. The van der Waals surface area contributed by atoms with Crippen LogP contribution in [-0.2, 0) is 16.1 Å². The van der Waals surface area contributed by atoms with Crippen molar-refractivity contribution in [1.82, 2.24) is 4.90 Å². The van der Waals surface area contributed by atoms with Gasteiger partial charge in [-0.2, -0.15) is 0 Å². The lowest BCUT2D eigenvalue weighted by atomic mass is 10.0. The van der Waals surface area contributed by atoms with E-state index in [1.54, 1.807) is 6.26 Å². The normalized spacial score (nSPS) is 11.4. The number of likely N-dealkylation sites (N-methyl/N-ethyl adjacent to an activating group) is 1. The number of thioether (sulfide) groups is 1. The third-order valence-electron chi connectivity index (χ3n) is 4.26. The highest BCUT2D eigenvalue weighted by molar-refractivity contribution is 8.13. The molecule has 0 saturated carbocycles. The van der Waals surface area contributed by atoms with Crippen molar-refractivity contribution >= 4 is 27.6 Å². The highest BCUT2D eigenvalue weighted by Gasteiger charge is 2.20. The highest BCUT2D eigenvalue weighted by Crippen LogP contribution is 2.16. The van der Waals surface area contributed by atoms with Crippen LogP contribution >= 0.6 is 11.8 Å². The summed E-state index contributed by atoms with van der Waals surface area (Å²) in [5.74, 6) is 5.72. The third kappa shape index (κ3) is 5.89. The van der Waals surface area contributed by atoms with E-state index in [9.17, 15) is 4.79 Å². The lowest BCUT2D eigenvalue weighted by Gasteiger charge is -2.30. The Labute approximate surface area is 154 Å². The van der Waals surface area contributed by atoms with Gasteiger partial charge in [0.15, 0.2) is 0 Å². The molecule has 0 fully saturated rings. The summed E-state index contributed by atoms with van der Waals surface area (Å²) in [6, 6.07) is 14.7. The number of ether oxygens (including phenoxy) is 1. The molecule has 0 N–H and O–H groups in total. The maximum atomic E-state index is 11.3. The van der Waals surface area contributed by atoms with E-state index in [0.29, 0.717) is 13.2 Å². The Morgan fingerprint density at radius 2 is 1.92 bits per heavy atom. The minimum Gasteiger partial charge on any atom is -0.375 e. The van der Waals surface area contributed by atoms with Gasteiger partial charge in [-0.05, 0) is 55.5 Å². The Hall–Kier alpha value is -1.80. The Kier molecular flexibility index (Phi) is 7.07. The van der Waals surface area contributed by atoms with E-state index < -0.39 is 0 Å². The number of carbonyl (C=O) groups is 1. The molecule has 132 valence electrons. The molecule has 0 spiro atoms. The summed E-state index contributed by atoms with van der Waals surface area (Å²) in [4.78, 5) is 13.4. The van der Waals surface area contributed by atoms with Crippen molar-refractivity contribution in [2.75, 3.05) is 26.5 Å². The van der Waals surface area contributed by atoms with Crippen LogP contribution in [0.4, 0.5) is 0 Å². The number of nitrogens with zero attached hydrogens (tertiary/aromatic N) is 1. The van der Waals surface area contributed by atoms with Crippen molar-refractivity contribution in [1.29, 1.82) is 0 Å². The van der Waals surface area contributed by atoms with Gasteiger partial charge in [0.2, 0.25) is 0 Å². The minimum absolute atomic E-state index is 0.103. The predicted octanol–water partition coefficient (Wildman–Crippen LogP) is 3.96. The number of benzene rings is 2. The molecule has 2 rings (SSSR count). The fourth-order valence-corrected chi connectivity index (χ4v) is 2.50. The van der Waals surface area contributed by atoms with Crippen molar-refractivity contribution in [3.8, 4) is 11.8 Å². The lowest BCUT2D eigenvalue weighted by Crippen LogP contribution is -2.41. The van der Waals surface area contributed by atoms with Crippen LogP contribution < -0.4 is 0 Å². The molecule has 4 heteroatoms. The second-order valence-electron chi connectivity index (χ2n) is 6.46. The second kappa shape index (κ2) is 9.05. The predicted molar refractivity (Wildman–Crippen MR) is 107 cm³/mol. The van der Waals surface area contributed by atoms with Crippen LogP contribution in [0, 0.1) is 11.8 Å². The Morgan fingerprint density at radius 1 is 1.20 bits per heavy atom. The monoisotopic (exact) mass is 355 g/mol. The Morgan fingerprint density at radius 3 is 2.64 bits per heavy atom. The molecule has 0 unspecified atom stereocenters. The van der Waals surface area contributed by atoms with E-state index in [1.165, 1.54) is 16.3 Å². The summed E-state index contributed by atoms with van der Waals surface area (Å²) in [5.41, 5.74) is 0.809. The molecule has 0 radical (unpaired) electrons. The zero-order chi connectivity index (χ0) is 18.3. The number of fused-ring (bicyclic) bond motifs is 1. The molecule has 0 amide bonds. The topological polar surface area (TPSA) is 29.5 Å².